The summed E-state index contributed by atoms with van der Waals surface area (Å²) in [5.41, 5.74) is 0. The summed E-state index contributed by atoms with van der Waals surface area (Å²) in [5, 5.41) is 3.36. The van der Waals surface area contributed by atoms with E-state index in [0.29, 0.717) is 11.9 Å². The molecule has 1 unspecified atom stereocenters. The Hall–Kier alpha value is -1.16. The molecule has 1 N–H and O–H groups in total. The number of hydrogen-bond acceptors (Lipinski definition) is 3. The van der Waals surface area contributed by atoms with Crippen molar-refractivity contribution in [1.29, 1.82) is 0 Å². The van der Waals surface area contributed by atoms with Crippen LogP contribution in [0.25, 0.3) is 0 Å². The van der Waals surface area contributed by atoms with Gasteiger partial charge in [0.1, 0.15) is 5.82 Å². The summed E-state index contributed by atoms with van der Waals surface area (Å²) in [6.07, 6.45) is 2.51. The van der Waals surface area contributed by atoms with Crippen molar-refractivity contribution in [2.75, 3.05) is 25.0 Å². The van der Waals surface area contributed by atoms with Crippen molar-refractivity contribution in [2.45, 2.75) is 18.9 Å². The monoisotopic (exact) mass is 221 g/mol. The second kappa shape index (κ2) is 4.01. The molecule has 0 aromatic carbocycles. The van der Waals surface area contributed by atoms with Crippen molar-refractivity contribution in [2.24, 2.45) is 5.92 Å². The van der Waals surface area contributed by atoms with Gasteiger partial charge >= 0.3 is 0 Å². The van der Waals surface area contributed by atoms with E-state index in [1.165, 1.54) is 32.0 Å². The maximum Gasteiger partial charge on any atom is 0.214 e. The molecule has 3 aliphatic heterocycles. The number of piperidine rings is 3. The van der Waals surface area contributed by atoms with Crippen LogP contribution >= 0.6 is 0 Å². The fraction of sp³-hybridized carbons (Fsp3) is 0.583. The molecule has 86 valence electrons. The Morgan fingerprint density at radius 3 is 2.75 bits per heavy atom. The van der Waals surface area contributed by atoms with E-state index in [2.05, 4.69) is 15.2 Å². The Morgan fingerprint density at radius 1 is 1.31 bits per heavy atom. The first-order valence-corrected chi connectivity index (χ1v) is 5.93. The van der Waals surface area contributed by atoms with E-state index in [1.807, 2.05) is 6.07 Å². The Labute approximate surface area is 94.7 Å². The van der Waals surface area contributed by atoms with E-state index >= 15 is 0 Å². The zero-order chi connectivity index (χ0) is 11.0. The molecule has 0 radical (unpaired) electrons. The van der Waals surface area contributed by atoms with E-state index in [9.17, 15) is 4.39 Å². The molecule has 0 saturated carbocycles. The molecular formula is C12H16FN3. The average molecular weight is 221 g/mol. The molecule has 0 spiro atoms. The summed E-state index contributed by atoms with van der Waals surface area (Å²) in [6, 6.07) is 5.35. The van der Waals surface area contributed by atoms with E-state index in [4.69, 9.17) is 0 Å². The lowest BCUT2D eigenvalue weighted by molar-refractivity contribution is 0.0973. The van der Waals surface area contributed by atoms with Crippen LogP contribution in [0.1, 0.15) is 12.8 Å². The highest BCUT2D eigenvalue weighted by Gasteiger charge is 2.34. The number of rotatable bonds is 2. The van der Waals surface area contributed by atoms with Gasteiger partial charge in [0.2, 0.25) is 5.95 Å². The fourth-order valence-corrected chi connectivity index (χ4v) is 2.81. The molecule has 1 aromatic heterocycles. The molecule has 1 aromatic rings. The van der Waals surface area contributed by atoms with Gasteiger partial charge in [0.25, 0.3) is 0 Å². The van der Waals surface area contributed by atoms with Crippen LogP contribution < -0.4 is 5.32 Å². The Kier molecular flexibility index (Phi) is 2.52. The number of pyridine rings is 1. The van der Waals surface area contributed by atoms with Gasteiger partial charge in [-0.15, -0.1) is 0 Å². The summed E-state index contributed by atoms with van der Waals surface area (Å²) >= 11 is 0. The minimum absolute atomic E-state index is 0.411. The number of fused-ring (bicyclic) bond motifs is 3. The Morgan fingerprint density at radius 2 is 2.12 bits per heavy atom. The van der Waals surface area contributed by atoms with Crippen molar-refractivity contribution in [1.82, 2.24) is 9.88 Å². The first kappa shape index (κ1) is 10.0. The predicted octanol–water partition coefficient (Wildman–Crippen LogP) is 1.73. The number of anilines is 1. The van der Waals surface area contributed by atoms with E-state index in [0.717, 1.165) is 12.5 Å². The third-order valence-electron chi connectivity index (χ3n) is 3.70. The number of nitrogens with zero attached hydrogens (tertiary/aromatic N) is 2. The zero-order valence-electron chi connectivity index (χ0n) is 9.19. The van der Waals surface area contributed by atoms with Crippen LogP contribution in [0.3, 0.4) is 0 Å². The highest BCUT2D eigenvalue weighted by atomic mass is 19.1. The maximum atomic E-state index is 12.9. The summed E-state index contributed by atoms with van der Waals surface area (Å²) in [5.74, 6) is 0.986. The van der Waals surface area contributed by atoms with Crippen LogP contribution in [0.4, 0.5) is 10.2 Å². The molecular weight excluding hydrogens is 205 g/mol. The van der Waals surface area contributed by atoms with Gasteiger partial charge in [-0.3, -0.25) is 0 Å². The van der Waals surface area contributed by atoms with Gasteiger partial charge in [-0.1, -0.05) is 6.07 Å². The Balaban J connectivity index is 1.71. The quantitative estimate of drug-likeness (QED) is 0.771. The summed E-state index contributed by atoms with van der Waals surface area (Å²) in [7, 11) is 0. The van der Waals surface area contributed by atoms with Gasteiger partial charge in [-0.2, -0.15) is 4.39 Å². The lowest BCUT2D eigenvalue weighted by atomic mass is 9.84. The molecule has 0 aliphatic carbocycles. The smallest absolute Gasteiger partial charge is 0.214 e. The standard InChI is InChI=1S/C12H16FN3/c13-11-2-1-3-12(15-11)14-10-8-16-6-4-9(10)5-7-16/h1-3,9-10H,4-8H2,(H,14,15). The summed E-state index contributed by atoms with van der Waals surface area (Å²) < 4.78 is 12.9. The number of halogens is 1. The van der Waals surface area contributed by atoms with Crippen molar-refractivity contribution in [3.05, 3.63) is 24.1 Å². The third kappa shape index (κ3) is 1.89. The molecule has 16 heavy (non-hydrogen) atoms. The molecule has 3 aliphatic rings. The lowest BCUT2D eigenvalue weighted by Gasteiger charge is -2.45. The fourth-order valence-electron chi connectivity index (χ4n) is 2.81. The van der Waals surface area contributed by atoms with Crippen molar-refractivity contribution in [3.63, 3.8) is 0 Å². The summed E-state index contributed by atoms with van der Waals surface area (Å²) in [6.45, 7) is 3.52. The molecule has 4 heteroatoms. The average Bonchev–Trinajstić information content (AvgIpc) is 2.30. The van der Waals surface area contributed by atoms with Crippen molar-refractivity contribution < 1.29 is 4.39 Å². The van der Waals surface area contributed by atoms with Crippen molar-refractivity contribution >= 4 is 5.82 Å². The van der Waals surface area contributed by atoms with Crippen LogP contribution in [0, 0.1) is 11.9 Å². The first-order chi connectivity index (χ1) is 7.81. The normalized spacial score (nSPS) is 32.7. The van der Waals surface area contributed by atoms with Crippen LogP contribution in [0.15, 0.2) is 18.2 Å². The third-order valence-corrected chi connectivity index (χ3v) is 3.70. The van der Waals surface area contributed by atoms with Gasteiger partial charge in [0, 0.05) is 12.6 Å². The van der Waals surface area contributed by atoms with E-state index in [-0.39, 0.29) is 0 Å². The minimum Gasteiger partial charge on any atom is -0.366 e. The van der Waals surface area contributed by atoms with Gasteiger partial charge in [0.05, 0.1) is 0 Å². The van der Waals surface area contributed by atoms with Gasteiger partial charge < -0.3 is 10.2 Å². The molecule has 4 heterocycles. The van der Waals surface area contributed by atoms with Crippen LogP contribution in [-0.4, -0.2) is 35.6 Å². The second-order valence-corrected chi connectivity index (χ2v) is 4.73. The molecule has 1 atom stereocenters. The SMILES string of the molecule is Fc1cccc(NC2CN3CCC2CC3)n1. The number of hydrogen-bond donors (Lipinski definition) is 1. The number of nitrogens with one attached hydrogen (secondary N) is 1. The number of aromatic nitrogens is 1. The predicted molar refractivity (Wildman–Crippen MR) is 60.8 cm³/mol. The van der Waals surface area contributed by atoms with Crippen LogP contribution in [0.2, 0.25) is 0 Å². The highest BCUT2D eigenvalue weighted by Crippen LogP contribution is 2.29. The van der Waals surface area contributed by atoms with Crippen LogP contribution in [0.5, 0.6) is 0 Å². The van der Waals surface area contributed by atoms with Crippen molar-refractivity contribution in [3.8, 4) is 0 Å². The molecule has 3 nitrogen and oxygen atoms in total. The summed E-state index contributed by atoms with van der Waals surface area (Å²) in [4.78, 5) is 6.32. The molecule has 3 saturated heterocycles. The zero-order valence-corrected chi connectivity index (χ0v) is 9.19. The van der Waals surface area contributed by atoms with Gasteiger partial charge in [-0.25, -0.2) is 4.98 Å². The second-order valence-electron chi connectivity index (χ2n) is 4.73. The highest BCUT2D eigenvalue weighted by molar-refractivity contribution is 5.35. The minimum atomic E-state index is -0.411. The van der Waals surface area contributed by atoms with Crippen LogP contribution in [-0.2, 0) is 0 Å². The van der Waals surface area contributed by atoms with Gasteiger partial charge in [0.15, 0.2) is 0 Å². The van der Waals surface area contributed by atoms with E-state index in [1.54, 1.807) is 6.07 Å². The lowest BCUT2D eigenvalue weighted by Crippen LogP contribution is -2.53. The molecule has 0 amide bonds. The molecule has 2 bridgehead atoms. The first-order valence-electron chi connectivity index (χ1n) is 5.93. The molecule has 4 rings (SSSR count). The Bertz CT molecular complexity index is 374. The van der Waals surface area contributed by atoms with E-state index < -0.39 is 5.95 Å². The molecule has 3 fully saturated rings. The van der Waals surface area contributed by atoms with Gasteiger partial charge in [-0.05, 0) is 44.0 Å². The maximum absolute atomic E-state index is 12.9. The topological polar surface area (TPSA) is 28.2 Å². The largest absolute Gasteiger partial charge is 0.366 e.